The molecule has 0 unspecified atom stereocenters. The average molecular weight is 371 g/mol. The normalized spacial score (nSPS) is 14.0. The van der Waals surface area contributed by atoms with Gasteiger partial charge >= 0.3 is 0 Å². The molecular weight excluding hydrogens is 349 g/mol. The second-order valence-corrected chi connectivity index (χ2v) is 6.50. The van der Waals surface area contributed by atoms with Gasteiger partial charge in [0.25, 0.3) is 11.8 Å². The van der Waals surface area contributed by atoms with Gasteiger partial charge in [0.2, 0.25) is 0 Å². The number of halogens is 1. The van der Waals surface area contributed by atoms with Crippen molar-refractivity contribution in [3.05, 3.63) is 53.5 Å². The minimum atomic E-state index is -0.486. The predicted octanol–water partition coefficient (Wildman–Crippen LogP) is 1.58. The zero-order valence-electron chi connectivity index (χ0n) is 15.3. The molecule has 27 heavy (non-hydrogen) atoms. The van der Waals surface area contributed by atoms with Crippen molar-refractivity contribution in [1.82, 2.24) is 15.2 Å². The van der Waals surface area contributed by atoms with Crippen molar-refractivity contribution >= 4 is 23.3 Å². The molecule has 2 amide bonds. The van der Waals surface area contributed by atoms with Gasteiger partial charge in [-0.2, -0.15) is 0 Å². The summed E-state index contributed by atoms with van der Waals surface area (Å²) in [5.74, 6) is -0.561. The second kappa shape index (κ2) is 8.13. The molecule has 3 rings (SSSR count). The second-order valence-electron chi connectivity index (χ2n) is 6.50. The monoisotopic (exact) mass is 371 g/mol. The number of nitrogens with one attached hydrogen (secondary N) is 2. The van der Waals surface area contributed by atoms with Crippen molar-refractivity contribution in [2.24, 2.45) is 0 Å². The van der Waals surface area contributed by atoms with E-state index in [-0.39, 0.29) is 11.5 Å². The van der Waals surface area contributed by atoms with E-state index < -0.39 is 11.7 Å². The first kappa shape index (κ1) is 18.8. The summed E-state index contributed by atoms with van der Waals surface area (Å²) in [6.45, 7) is 3.07. The molecule has 2 N–H and O–H groups in total. The zero-order chi connectivity index (χ0) is 19.4. The topological polar surface area (TPSA) is 77.6 Å². The van der Waals surface area contributed by atoms with E-state index in [1.54, 1.807) is 20.2 Å². The molecule has 2 heterocycles. The molecule has 1 fully saturated rings. The number of piperazine rings is 1. The maximum Gasteiger partial charge on any atom is 0.255 e. The number of aromatic nitrogens is 1. The lowest BCUT2D eigenvalue weighted by Crippen LogP contribution is -2.44. The Morgan fingerprint density at radius 2 is 1.93 bits per heavy atom. The van der Waals surface area contributed by atoms with Crippen LogP contribution in [-0.2, 0) is 0 Å². The van der Waals surface area contributed by atoms with E-state index in [9.17, 15) is 14.0 Å². The smallest absolute Gasteiger partial charge is 0.255 e. The number of carbonyl (C=O) groups is 2. The summed E-state index contributed by atoms with van der Waals surface area (Å²) >= 11 is 0. The Hall–Kier alpha value is -3.00. The van der Waals surface area contributed by atoms with Gasteiger partial charge in [-0.25, -0.2) is 9.37 Å². The van der Waals surface area contributed by atoms with Gasteiger partial charge in [0.1, 0.15) is 5.82 Å². The Kier molecular flexibility index (Phi) is 5.66. The summed E-state index contributed by atoms with van der Waals surface area (Å²) in [5.41, 5.74) is 0.998. The molecule has 0 radical (unpaired) electrons. The van der Waals surface area contributed by atoms with Gasteiger partial charge in [0, 0.05) is 52.0 Å². The highest BCUT2D eigenvalue weighted by Gasteiger charge is 2.20. The number of pyridine rings is 1. The highest BCUT2D eigenvalue weighted by Crippen LogP contribution is 2.26. The zero-order valence-corrected chi connectivity index (χ0v) is 15.3. The number of amides is 2. The van der Waals surface area contributed by atoms with Crippen LogP contribution in [0.2, 0.25) is 0 Å². The van der Waals surface area contributed by atoms with E-state index in [1.807, 2.05) is 4.90 Å². The first-order valence-electron chi connectivity index (χ1n) is 8.70. The summed E-state index contributed by atoms with van der Waals surface area (Å²) < 4.78 is 13.4. The number of rotatable bonds is 4. The molecule has 0 spiro atoms. The molecule has 1 aliphatic rings. The third kappa shape index (κ3) is 4.40. The van der Waals surface area contributed by atoms with Gasteiger partial charge in [-0.3, -0.25) is 9.59 Å². The third-order valence-corrected chi connectivity index (χ3v) is 4.27. The first-order chi connectivity index (χ1) is 13.0. The van der Waals surface area contributed by atoms with E-state index in [0.717, 1.165) is 26.2 Å². The summed E-state index contributed by atoms with van der Waals surface area (Å²) in [7, 11) is 3.30. The molecule has 2 aromatic rings. The first-order valence-corrected chi connectivity index (χ1v) is 8.70. The van der Waals surface area contributed by atoms with Crippen molar-refractivity contribution in [1.29, 1.82) is 0 Å². The summed E-state index contributed by atoms with van der Waals surface area (Å²) in [4.78, 5) is 32.8. The number of benzene rings is 1. The van der Waals surface area contributed by atoms with Crippen LogP contribution in [0.25, 0.3) is 0 Å². The predicted molar refractivity (Wildman–Crippen MR) is 102 cm³/mol. The lowest BCUT2D eigenvalue weighted by Gasteiger charge is -2.30. The van der Waals surface area contributed by atoms with Crippen molar-refractivity contribution in [2.45, 2.75) is 0 Å². The standard InChI is InChI=1S/C19H22FN5O2/c1-24(2)19(27)14-11-16(17(22-12-14)25-8-6-21-7-9-25)23-18(26)13-4-3-5-15(20)10-13/h3-5,10-12,21H,6-9H2,1-2H3,(H,23,26). The van der Waals surface area contributed by atoms with Crippen LogP contribution in [0.5, 0.6) is 0 Å². The number of anilines is 2. The number of hydrogen-bond acceptors (Lipinski definition) is 5. The summed E-state index contributed by atoms with van der Waals surface area (Å²) in [6.07, 6.45) is 1.51. The molecule has 0 aliphatic carbocycles. The molecule has 8 heteroatoms. The molecule has 0 atom stereocenters. The molecule has 7 nitrogen and oxygen atoms in total. The maximum absolute atomic E-state index is 13.4. The van der Waals surface area contributed by atoms with Crippen molar-refractivity contribution in [2.75, 3.05) is 50.5 Å². The van der Waals surface area contributed by atoms with Gasteiger partial charge in [-0.05, 0) is 24.3 Å². The van der Waals surface area contributed by atoms with Crippen molar-refractivity contribution in [3.63, 3.8) is 0 Å². The summed E-state index contributed by atoms with van der Waals surface area (Å²) in [5, 5.41) is 6.05. The van der Waals surface area contributed by atoms with Gasteiger partial charge in [0.05, 0.1) is 11.3 Å². The SMILES string of the molecule is CN(C)C(=O)c1cnc(N2CCNCC2)c(NC(=O)c2cccc(F)c2)c1. The van der Waals surface area contributed by atoms with Crippen molar-refractivity contribution < 1.29 is 14.0 Å². The highest BCUT2D eigenvalue weighted by molar-refractivity contribution is 6.06. The average Bonchev–Trinajstić information content (AvgIpc) is 2.68. The fraction of sp³-hybridized carbons (Fsp3) is 0.316. The maximum atomic E-state index is 13.4. The van der Waals surface area contributed by atoms with E-state index >= 15 is 0 Å². The third-order valence-electron chi connectivity index (χ3n) is 4.27. The van der Waals surface area contributed by atoms with Crippen LogP contribution in [0.4, 0.5) is 15.9 Å². The van der Waals surface area contributed by atoms with Crippen LogP contribution in [0.1, 0.15) is 20.7 Å². The Morgan fingerprint density at radius 1 is 1.19 bits per heavy atom. The Balaban J connectivity index is 1.94. The fourth-order valence-corrected chi connectivity index (χ4v) is 2.88. The van der Waals surface area contributed by atoms with Crippen LogP contribution >= 0.6 is 0 Å². The molecule has 1 saturated heterocycles. The van der Waals surface area contributed by atoms with Crippen LogP contribution < -0.4 is 15.5 Å². The molecule has 0 saturated carbocycles. The molecule has 1 aliphatic heterocycles. The minimum absolute atomic E-state index is 0.200. The Labute approximate surface area is 157 Å². The van der Waals surface area contributed by atoms with Crippen LogP contribution in [0.3, 0.4) is 0 Å². The van der Waals surface area contributed by atoms with Gasteiger partial charge < -0.3 is 20.4 Å². The lowest BCUT2D eigenvalue weighted by atomic mass is 10.1. The lowest BCUT2D eigenvalue weighted by molar-refractivity contribution is 0.0827. The van der Waals surface area contributed by atoms with Gasteiger partial charge in [0.15, 0.2) is 5.82 Å². The Bertz CT molecular complexity index is 850. The fourth-order valence-electron chi connectivity index (χ4n) is 2.88. The Morgan fingerprint density at radius 3 is 2.59 bits per heavy atom. The van der Waals surface area contributed by atoms with E-state index in [4.69, 9.17) is 0 Å². The van der Waals surface area contributed by atoms with Gasteiger partial charge in [-0.1, -0.05) is 6.07 Å². The highest BCUT2D eigenvalue weighted by atomic mass is 19.1. The van der Waals surface area contributed by atoms with Gasteiger partial charge in [-0.15, -0.1) is 0 Å². The van der Waals surface area contributed by atoms with E-state index in [0.29, 0.717) is 17.1 Å². The quantitative estimate of drug-likeness (QED) is 0.853. The largest absolute Gasteiger partial charge is 0.352 e. The number of hydrogen-bond donors (Lipinski definition) is 2. The molecule has 0 bridgehead atoms. The van der Waals surface area contributed by atoms with Crippen molar-refractivity contribution in [3.8, 4) is 0 Å². The molecular formula is C19H22FN5O2. The minimum Gasteiger partial charge on any atom is -0.352 e. The van der Waals surface area contributed by atoms with E-state index in [1.165, 1.54) is 35.4 Å². The van der Waals surface area contributed by atoms with Crippen LogP contribution in [-0.4, -0.2) is 62.0 Å². The number of nitrogens with zero attached hydrogens (tertiary/aromatic N) is 3. The number of carbonyl (C=O) groups excluding carboxylic acids is 2. The van der Waals surface area contributed by atoms with Crippen LogP contribution in [0, 0.1) is 5.82 Å². The summed E-state index contributed by atoms with van der Waals surface area (Å²) in [6, 6.07) is 7.07. The molecule has 142 valence electrons. The molecule has 1 aromatic heterocycles. The van der Waals surface area contributed by atoms with Crippen LogP contribution in [0.15, 0.2) is 36.5 Å². The van der Waals surface area contributed by atoms with E-state index in [2.05, 4.69) is 15.6 Å². The molecule has 1 aromatic carbocycles.